The number of benzene rings is 1. The van der Waals surface area contributed by atoms with E-state index in [9.17, 15) is 9.90 Å². The van der Waals surface area contributed by atoms with Gasteiger partial charge in [-0.2, -0.15) is 0 Å². The molecule has 1 aromatic carbocycles. The molecule has 3 aliphatic rings. The number of hydrogen-bond donors (Lipinski definition) is 2. The van der Waals surface area contributed by atoms with Gasteiger partial charge in [-0.15, -0.1) is 0 Å². The second-order valence-corrected chi connectivity index (χ2v) is 8.02. The molecular weight excluding hydrogens is 328 g/mol. The minimum absolute atomic E-state index is 0.00561. The minimum Gasteiger partial charge on any atom is -0.386 e. The number of fused-ring (bicyclic) bond motifs is 1. The fourth-order valence-corrected chi connectivity index (χ4v) is 5.04. The Kier molecular flexibility index (Phi) is 5.18. The van der Waals surface area contributed by atoms with Gasteiger partial charge in [-0.05, 0) is 44.2 Å². The Morgan fingerprint density at radius 3 is 2.65 bits per heavy atom. The molecule has 2 aliphatic heterocycles. The maximum absolute atomic E-state index is 13.2. The summed E-state index contributed by atoms with van der Waals surface area (Å²) in [6.07, 6.45) is 6.19. The number of nitrogens with one attached hydrogen (secondary N) is 1. The van der Waals surface area contributed by atoms with Gasteiger partial charge in [0.1, 0.15) is 5.60 Å². The molecule has 1 aromatic rings. The van der Waals surface area contributed by atoms with Gasteiger partial charge in [-0.3, -0.25) is 4.79 Å². The smallest absolute Gasteiger partial charge is 0.226 e. The SMILES string of the molecule is O=C(C1CCOCC1)N1CCC(Nc2ccccc2)[C@]2(O)CCCCC12. The number of carbonyl (C=O) groups excluding carboxylic acids is 1. The molecule has 1 aliphatic carbocycles. The van der Waals surface area contributed by atoms with E-state index in [4.69, 9.17) is 4.74 Å². The summed E-state index contributed by atoms with van der Waals surface area (Å²) >= 11 is 0. The number of amides is 1. The van der Waals surface area contributed by atoms with Crippen molar-refractivity contribution < 1.29 is 14.6 Å². The normalized spacial score (nSPS) is 32.7. The monoisotopic (exact) mass is 358 g/mol. The van der Waals surface area contributed by atoms with Gasteiger partial charge >= 0.3 is 0 Å². The predicted octanol–water partition coefficient (Wildman–Crippen LogP) is 2.80. The van der Waals surface area contributed by atoms with Gasteiger partial charge < -0.3 is 20.1 Å². The van der Waals surface area contributed by atoms with Crippen molar-refractivity contribution in [3.63, 3.8) is 0 Å². The number of likely N-dealkylation sites (tertiary alicyclic amines) is 1. The Hall–Kier alpha value is -1.59. The molecular formula is C21H30N2O3. The molecule has 0 radical (unpaired) electrons. The molecule has 3 fully saturated rings. The van der Waals surface area contributed by atoms with Crippen LogP contribution in [0.5, 0.6) is 0 Å². The summed E-state index contributed by atoms with van der Waals surface area (Å²) in [5.41, 5.74) is 0.201. The van der Waals surface area contributed by atoms with Gasteiger partial charge in [-0.1, -0.05) is 31.0 Å². The first-order valence-corrected chi connectivity index (χ1v) is 10.1. The van der Waals surface area contributed by atoms with Crippen molar-refractivity contribution in [3.05, 3.63) is 30.3 Å². The highest BCUT2D eigenvalue weighted by atomic mass is 16.5. The van der Waals surface area contributed by atoms with Crippen LogP contribution in [-0.2, 0) is 9.53 Å². The largest absolute Gasteiger partial charge is 0.386 e. The minimum atomic E-state index is -0.840. The lowest BCUT2D eigenvalue weighted by Crippen LogP contribution is -2.68. The van der Waals surface area contributed by atoms with E-state index in [-0.39, 0.29) is 23.9 Å². The Labute approximate surface area is 155 Å². The van der Waals surface area contributed by atoms with Crippen molar-refractivity contribution >= 4 is 11.6 Å². The second kappa shape index (κ2) is 7.57. The van der Waals surface area contributed by atoms with Crippen LogP contribution < -0.4 is 5.32 Å². The van der Waals surface area contributed by atoms with Crippen LogP contribution in [0.2, 0.25) is 0 Å². The zero-order valence-corrected chi connectivity index (χ0v) is 15.4. The molecule has 0 bridgehead atoms. The molecule has 3 atom stereocenters. The first-order valence-electron chi connectivity index (χ1n) is 10.1. The van der Waals surface area contributed by atoms with Gasteiger partial charge in [-0.25, -0.2) is 0 Å². The number of carbonyl (C=O) groups is 1. The van der Waals surface area contributed by atoms with Crippen molar-refractivity contribution in [2.45, 2.75) is 62.6 Å². The van der Waals surface area contributed by atoms with Crippen LogP contribution in [0.3, 0.4) is 0 Å². The predicted molar refractivity (Wildman–Crippen MR) is 101 cm³/mol. The lowest BCUT2D eigenvalue weighted by Gasteiger charge is -2.54. The lowest BCUT2D eigenvalue weighted by atomic mass is 9.70. The fraction of sp³-hybridized carbons (Fsp3) is 0.667. The Bertz CT molecular complexity index is 617. The zero-order valence-electron chi connectivity index (χ0n) is 15.4. The topological polar surface area (TPSA) is 61.8 Å². The number of hydrogen-bond acceptors (Lipinski definition) is 4. The van der Waals surface area contributed by atoms with Crippen LogP contribution in [0.4, 0.5) is 5.69 Å². The van der Waals surface area contributed by atoms with Gasteiger partial charge in [0.25, 0.3) is 0 Å². The molecule has 1 saturated carbocycles. The summed E-state index contributed by atoms with van der Waals surface area (Å²) in [5, 5.41) is 15.2. The number of anilines is 1. The van der Waals surface area contributed by atoms with Crippen molar-refractivity contribution in [1.82, 2.24) is 4.90 Å². The van der Waals surface area contributed by atoms with Gasteiger partial charge in [0.15, 0.2) is 0 Å². The summed E-state index contributed by atoms with van der Waals surface area (Å²) in [6, 6.07) is 10.0. The van der Waals surface area contributed by atoms with Crippen LogP contribution in [0, 0.1) is 5.92 Å². The van der Waals surface area contributed by atoms with E-state index in [1.807, 2.05) is 35.2 Å². The molecule has 2 heterocycles. The first-order chi connectivity index (χ1) is 12.7. The summed E-state index contributed by atoms with van der Waals surface area (Å²) in [6.45, 7) is 2.09. The molecule has 5 nitrogen and oxygen atoms in total. The average Bonchev–Trinajstić information content (AvgIpc) is 2.69. The highest BCUT2D eigenvalue weighted by Gasteiger charge is 2.52. The van der Waals surface area contributed by atoms with Crippen molar-refractivity contribution in [2.24, 2.45) is 5.92 Å². The van der Waals surface area contributed by atoms with Gasteiger partial charge in [0.05, 0.1) is 12.1 Å². The fourth-order valence-electron chi connectivity index (χ4n) is 5.04. The van der Waals surface area contributed by atoms with E-state index in [0.29, 0.717) is 13.2 Å². The van der Waals surface area contributed by atoms with Crippen molar-refractivity contribution in [2.75, 3.05) is 25.1 Å². The summed E-state index contributed by atoms with van der Waals surface area (Å²) < 4.78 is 5.42. The van der Waals surface area contributed by atoms with E-state index < -0.39 is 5.60 Å². The molecule has 4 rings (SSSR count). The third-order valence-electron chi connectivity index (χ3n) is 6.49. The third kappa shape index (κ3) is 3.35. The lowest BCUT2D eigenvalue weighted by molar-refractivity contribution is -0.160. The number of piperidine rings is 1. The molecule has 2 unspecified atom stereocenters. The summed E-state index contributed by atoms with van der Waals surface area (Å²) in [4.78, 5) is 15.2. The van der Waals surface area contributed by atoms with Crippen LogP contribution >= 0.6 is 0 Å². The number of nitrogens with zero attached hydrogens (tertiary/aromatic N) is 1. The van der Waals surface area contributed by atoms with Crippen LogP contribution in [0.25, 0.3) is 0 Å². The van der Waals surface area contributed by atoms with Crippen molar-refractivity contribution in [3.8, 4) is 0 Å². The average molecular weight is 358 g/mol. The first kappa shape index (κ1) is 17.8. The van der Waals surface area contributed by atoms with E-state index in [1.165, 1.54) is 0 Å². The molecule has 5 heteroatoms. The maximum Gasteiger partial charge on any atom is 0.226 e. The third-order valence-corrected chi connectivity index (χ3v) is 6.49. The Morgan fingerprint density at radius 2 is 1.88 bits per heavy atom. The summed E-state index contributed by atoms with van der Waals surface area (Å²) in [7, 11) is 0. The number of aliphatic hydroxyl groups is 1. The molecule has 1 amide bonds. The van der Waals surface area contributed by atoms with Gasteiger partial charge in [0.2, 0.25) is 5.91 Å². The number of para-hydroxylation sites is 1. The standard InChI is InChI=1S/C21H30N2O3/c24-20(16-10-14-26-15-11-16)23-13-9-18(22-17-6-2-1-3-7-17)21(25)12-5-4-8-19(21)23/h1-3,6-7,16,18-19,22,25H,4-5,8-15H2/t18?,19?,21-/m1/s1. The molecule has 26 heavy (non-hydrogen) atoms. The quantitative estimate of drug-likeness (QED) is 0.872. The highest BCUT2D eigenvalue weighted by molar-refractivity contribution is 5.79. The molecule has 0 aromatic heterocycles. The van der Waals surface area contributed by atoms with E-state index >= 15 is 0 Å². The zero-order chi connectivity index (χ0) is 18.0. The summed E-state index contributed by atoms with van der Waals surface area (Å²) in [5.74, 6) is 0.297. The molecule has 0 spiro atoms. The van der Waals surface area contributed by atoms with Crippen LogP contribution in [0.15, 0.2) is 30.3 Å². The Balaban J connectivity index is 1.53. The second-order valence-electron chi connectivity index (χ2n) is 8.02. The van der Waals surface area contributed by atoms with Crippen LogP contribution in [-0.4, -0.2) is 53.4 Å². The Morgan fingerprint density at radius 1 is 1.12 bits per heavy atom. The molecule has 2 saturated heterocycles. The highest BCUT2D eigenvalue weighted by Crippen LogP contribution is 2.41. The van der Waals surface area contributed by atoms with E-state index in [1.54, 1.807) is 0 Å². The van der Waals surface area contributed by atoms with E-state index in [0.717, 1.165) is 57.2 Å². The van der Waals surface area contributed by atoms with Gasteiger partial charge in [0, 0.05) is 31.4 Å². The molecule has 142 valence electrons. The van der Waals surface area contributed by atoms with Crippen molar-refractivity contribution in [1.29, 1.82) is 0 Å². The molecule has 2 N–H and O–H groups in total. The number of rotatable bonds is 3. The maximum atomic E-state index is 13.2. The van der Waals surface area contributed by atoms with E-state index in [2.05, 4.69) is 5.32 Å². The number of ether oxygens (including phenoxy) is 1. The van der Waals surface area contributed by atoms with Crippen LogP contribution in [0.1, 0.15) is 44.9 Å².